The number of aliphatic hydroxyl groups excluding tert-OH is 1. The summed E-state index contributed by atoms with van der Waals surface area (Å²) in [6.07, 6.45) is 1.61. The van der Waals surface area contributed by atoms with E-state index in [4.69, 9.17) is 0 Å². The minimum Gasteiger partial charge on any atom is -0.391 e. The van der Waals surface area contributed by atoms with E-state index in [2.05, 4.69) is 10.2 Å². The van der Waals surface area contributed by atoms with Crippen molar-refractivity contribution in [1.29, 1.82) is 0 Å². The van der Waals surface area contributed by atoms with Crippen LogP contribution in [0.4, 0.5) is 0 Å². The Bertz CT molecular complexity index is 607. The fourth-order valence-electron chi connectivity index (χ4n) is 3.78. The number of hydrogen-bond acceptors (Lipinski definition) is 4. The summed E-state index contributed by atoms with van der Waals surface area (Å²) < 4.78 is 0. The highest BCUT2D eigenvalue weighted by Gasteiger charge is 2.37. The molecule has 7 heteroatoms. The van der Waals surface area contributed by atoms with Crippen LogP contribution in [0.2, 0.25) is 0 Å². The molecule has 7 nitrogen and oxygen atoms in total. The number of H-pyrrole nitrogens is 1. The second-order valence-electron chi connectivity index (χ2n) is 7.10. The lowest BCUT2D eigenvalue weighted by atomic mass is 9.95. The number of aliphatic hydroxyl groups is 1. The molecular weight excluding hydrogens is 308 g/mol. The molecule has 132 valence electrons. The first kappa shape index (κ1) is 17.0. The van der Waals surface area contributed by atoms with Crippen LogP contribution in [0.1, 0.15) is 31.2 Å². The number of amides is 2. The molecule has 0 bridgehead atoms. The molecule has 2 fully saturated rings. The van der Waals surface area contributed by atoms with E-state index >= 15 is 0 Å². The smallest absolute Gasteiger partial charge is 0.225 e. The van der Waals surface area contributed by atoms with E-state index in [1.807, 2.05) is 13.0 Å². The first-order chi connectivity index (χ1) is 11.4. The lowest BCUT2D eigenvalue weighted by molar-refractivity contribution is -0.139. The monoisotopic (exact) mass is 334 g/mol. The summed E-state index contributed by atoms with van der Waals surface area (Å²) in [5.41, 5.74) is 1.93. The summed E-state index contributed by atoms with van der Waals surface area (Å²) in [7, 11) is 0. The highest BCUT2D eigenvalue weighted by atomic mass is 16.3. The van der Waals surface area contributed by atoms with Gasteiger partial charge >= 0.3 is 0 Å². The van der Waals surface area contributed by atoms with Crippen molar-refractivity contribution < 1.29 is 14.7 Å². The number of likely N-dealkylation sites (tertiary alicyclic amines) is 2. The lowest BCUT2D eigenvalue weighted by Gasteiger charge is -2.32. The van der Waals surface area contributed by atoms with Gasteiger partial charge in [0.15, 0.2) is 0 Å². The van der Waals surface area contributed by atoms with Crippen LogP contribution in [0, 0.1) is 18.8 Å². The molecule has 2 saturated heterocycles. The van der Waals surface area contributed by atoms with Gasteiger partial charge < -0.3 is 14.9 Å². The number of β-amino-alcohol motifs (C(OH)–C–C–N with tert-alkyl or cyclic N) is 1. The van der Waals surface area contributed by atoms with Crippen molar-refractivity contribution in [3.8, 4) is 0 Å². The molecule has 3 rings (SSSR count). The summed E-state index contributed by atoms with van der Waals surface area (Å²) >= 11 is 0. The van der Waals surface area contributed by atoms with Gasteiger partial charge in [0.1, 0.15) is 0 Å². The van der Waals surface area contributed by atoms with E-state index in [0.717, 1.165) is 11.4 Å². The Hall–Kier alpha value is -1.89. The van der Waals surface area contributed by atoms with Crippen molar-refractivity contribution in [3.63, 3.8) is 0 Å². The number of carbonyl (C=O) groups is 2. The SMILES string of the molecule is CC(=O)N1CCC(C(=O)N2C[C@@H](Cc3cc(C)[nH]n3)[C@H](O)C2)CC1. The molecule has 2 N–H and O–H groups in total. The Labute approximate surface area is 142 Å². The third-order valence-corrected chi connectivity index (χ3v) is 5.24. The number of piperidine rings is 1. The van der Waals surface area contributed by atoms with Crippen molar-refractivity contribution in [2.45, 2.75) is 39.2 Å². The number of aromatic amines is 1. The van der Waals surface area contributed by atoms with E-state index in [1.54, 1.807) is 16.7 Å². The maximum absolute atomic E-state index is 12.7. The molecule has 0 unspecified atom stereocenters. The van der Waals surface area contributed by atoms with Crippen LogP contribution in [-0.2, 0) is 16.0 Å². The van der Waals surface area contributed by atoms with Crippen molar-refractivity contribution in [2.24, 2.45) is 11.8 Å². The van der Waals surface area contributed by atoms with Crippen LogP contribution in [0.15, 0.2) is 6.07 Å². The molecule has 3 heterocycles. The largest absolute Gasteiger partial charge is 0.391 e. The van der Waals surface area contributed by atoms with Gasteiger partial charge in [-0.25, -0.2) is 0 Å². The van der Waals surface area contributed by atoms with Crippen LogP contribution >= 0.6 is 0 Å². The standard InChI is InChI=1S/C17H26N4O3/c1-11-7-15(19-18-11)8-14-9-21(10-16(14)23)17(24)13-3-5-20(6-4-13)12(2)22/h7,13-14,16,23H,3-6,8-10H2,1-2H3,(H,18,19)/t14-,16-/m1/s1. The molecule has 0 aliphatic carbocycles. The number of rotatable bonds is 3. The van der Waals surface area contributed by atoms with Gasteiger partial charge in [-0.3, -0.25) is 14.7 Å². The van der Waals surface area contributed by atoms with Crippen molar-refractivity contribution in [1.82, 2.24) is 20.0 Å². The van der Waals surface area contributed by atoms with Crippen LogP contribution in [0.3, 0.4) is 0 Å². The summed E-state index contributed by atoms with van der Waals surface area (Å²) in [5.74, 6) is 0.206. The molecule has 1 aromatic heterocycles. The predicted octanol–water partition coefficient (Wildman–Crippen LogP) is 0.338. The minimum absolute atomic E-state index is 0.0285. The first-order valence-corrected chi connectivity index (χ1v) is 8.67. The van der Waals surface area contributed by atoms with Gasteiger partial charge in [0.05, 0.1) is 11.8 Å². The van der Waals surface area contributed by atoms with E-state index in [0.29, 0.717) is 45.4 Å². The van der Waals surface area contributed by atoms with Gasteiger partial charge in [-0.05, 0) is 32.3 Å². The van der Waals surface area contributed by atoms with Crippen LogP contribution < -0.4 is 0 Å². The Morgan fingerprint density at radius 1 is 1.29 bits per heavy atom. The number of hydrogen-bond donors (Lipinski definition) is 2. The highest BCUT2D eigenvalue weighted by Crippen LogP contribution is 2.26. The molecule has 0 radical (unpaired) electrons. The van der Waals surface area contributed by atoms with Crippen molar-refractivity contribution >= 4 is 11.8 Å². The Morgan fingerprint density at radius 3 is 2.58 bits per heavy atom. The van der Waals surface area contributed by atoms with Gasteiger partial charge in [0, 0.05) is 50.6 Å². The third-order valence-electron chi connectivity index (χ3n) is 5.24. The number of aromatic nitrogens is 2. The molecule has 0 aromatic carbocycles. The summed E-state index contributed by atoms with van der Waals surface area (Å²) in [6.45, 7) is 5.81. The molecule has 2 aliphatic heterocycles. The zero-order chi connectivity index (χ0) is 17.3. The van der Waals surface area contributed by atoms with E-state index < -0.39 is 6.10 Å². The zero-order valence-corrected chi connectivity index (χ0v) is 14.4. The number of carbonyl (C=O) groups excluding carboxylic acids is 2. The zero-order valence-electron chi connectivity index (χ0n) is 14.4. The van der Waals surface area contributed by atoms with Gasteiger partial charge in [-0.15, -0.1) is 0 Å². The maximum Gasteiger partial charge on any atom is 0.225 e. The Kier molecular flexibility index (Phi) is 4.89. The normalized spacial score (nSPS) is 25.3. The van der Waals surface area contributed by atoms with Crippen LogP contribution in [0.25, 0.3) is 0 Å². The van der Waals surface area contributed by atoms with Gasteiger partial charge in [0.25, 0.3) is 0 Å². The average molecular weight is 334 g/mol. The van der Waals surface area contributed by atoms with Crippen molar-refractivity contribution in [2.75, 3.05) is 26.2 Å². The quantitative estimate of drug-likeness (QED) is 0.834. The summed E-state index contributed by atoms with van der Waals surface area (Å²) in [6, 6.07) is 1.98. The summed E-state index contributed by atoms with van der Waals surface area (Å²) in [4.78, 5) is 27.7. The lowest BCUT2D eigenvalue weighted by Crippen LogP contribution is -2.43. The fraction of sp³-hybridized carbons (Fsp3) is 0.706. The molecule has 2 amide bonds. The Balaban J connectivity index is 1.54. The second-order valence-corrected chi connectivity index (χ2v) is 7.10. The highest BCUT2D eigenvalue weighted by molar-refractivity contribution is 5.80. The van der Waals surface area contributed by atoms with Gasteiger partial charge in [0.2, 0.25) is 11.8 Å². The van der Waals surface area contributed by atoms with Crippen LogP contribution in [0.5, 0.6) is 0 Å². The molecule has 1 aromatic rings. The first-order valence-electron chi connectivity index (χ1n) is 8.67. The third kappa shape index (κ3) is 3.61. The topological polar surface area (TPSA) is 89.5 Å². The number of nitrogens with zero attached hydrogens (tertiary/aromatic N) is 3. The summed E-state index contributed by atoms with van der Waals surface area (Å²) in [5, 5.41) is 17.4. The van der Waals surface area contributed by atoms with Crippen LogP contribution in [-0.4, -0.2) is 69.2 Å². The molecule has 0 saturated carbocycles. The fourth-order valence-corrected chi connectivity index (χ4v) is 3.78. The Morgan fingerprint density at radius 2 is 2.00 bits per heavy atom. The van der Waals surface area contributed by atoms with Gasteiger partial charge in [-0.1, -0.05) is 0 Å². The molecule has 24 heavy (non-hydrogen) atoms. The molecule has 2 atom stereocenters. The molecular formula is C17H26N4O3. The molecule has 0 spiro atoms. The van der Waals surface area contributed by atoms with Gasteiger partial charge in [-0.2, -0.15) is 5.10 Å². The molecule has 2 aliphatic rings. The van der Waals surface area contributed by atoms with E-state index in [1.165, 1.54) is 0 Å². The minimum atomic E-state index is -0.497. The second kappa shape index (κ2) is 6.93. The number of aryl methyl sites for hydroxylation is 1. The predicted molar refractivity (Wildman–Crippen MR) is 88.1 cm³/mol. The van der Waals surface area contributed by atoms with Crippen molar-refractivity contribution in [3.05, 3.63) is 17.5 Å². The van der Waals surface area contributed by atoms with E-state index in [-0.39, 0.29) is 23.7 Å². The number of nitrogens with one attached hydrogen (secondary N) is 1. The average Bonchev–Trinajstić information content (AvgIpc) is 3.13. The maximum atomic E-state index is 12.7. The van der Waals surface area contributed by atoms with E-state index in [9.17, 15) is 14.7 Å².